The molecule has 23 heavy (non-hydrogen) atoms. The van der Waals surface area contributed by atoms with E-state index in [4.69, 9.17) is 19.0 Å². The van der Waals surface area contributed by atoms with E-state index in [1.165, 1.54) is 0 Å². The third-order valence-corrected chi connectivity index (χ3v) is 3.31. The molecular weight excluding hydrogens is 305 g/mol. The van der Waals surface area contributed by atoms with E-state index in [0.717, 1.165) is 5.56 Å². The quantitative estimate of drug-likeness (QED) is 0.260. The molecule has 0 radical (unpaired) electrons. The normalized spacial score (nSPS) is 15.1. The Morgan fingerprint density at radius 1 is 1.35 bits per heavy atom. The third kappa shape index (κ3) is 3.39. The van der Waals surface area contributed by atoms with Crippen molar-refractivity contribution in [3.8, 4) is 11.5 Å². The van der Waals surface area contributed by atoms with Crippen LogP contribution in [-0.4, -0.2) is 25.3 Å². The minimum Gasteiger partial charge on any atom is -0.493 e. The molecule has 0 N–H and O–H groups in total. The van der Waals surface area contributed by atoms with Crippen molar-refractivity contribution in [2.45, 2.75) is 40.3 Å². The number of esters is 1. The van der Waals surface area contributed by atoms with Crippen molar-refractivity contribution in [3.63, 3.8) is 0 Å². The van der Waals surface area contributed by atoms with E-state index in [0.29, 0.717) is 17.8 Å². The van der Waals surface area contributed by atoms with E-state index < -0.39 is 18.7 Å². The summed E-state index contributed by atoms with van der Waals surface area (Å²) in [5, 5.41) is 2.20. The number of hydrogen-bond donors (Lipinski definition) is 0. The zero-order valence-electron chi connectivity index (χ0n) is 13.7. The van der Waals surface area contributed by atoms with Crippen molar-refractivity contribution in [2.24, 2.45) is 5.34 Å². The van der Waals surface area contributed by atoms with Crippen LogP contribution < -0.4 is 14.9 Å². The number of cyclic esters (lactones) is 1. The first-order valence-electron chi connectivity index (χ1n) is 7.18. The van der Waals surface area contributed by atoms with E-state index in [9.17, 15) is 9.70 Å². The Bertz CT molecular complexity index is 632. The lowest BCUT2D eigenvalue weighted by atomic mass is 9.61. The summed E-state index contributed by atoms with van der Waals surface area (Å²) in [6.45, 7) is 8.19. The lowest BCUT2D eigenvalue weighted by Gasteiger charge is -2.34. The highest BCUT2D eigenvalue weighted by molar-refractivity contribution is 6.67. The first-order valence-corrected chi connectivity index (χ1v) is 7.18. The summed E-state index contributed by atoms with van der Waals surface area (Å²) in [7, 11) is 0. The topological polar surface area (TPSA) is 92.7 Å². The van der Waals surface area contributed by atoms with E-state index in [2.05, 4.69) is 10.3 Å². The molecule has 9 heteroatoms. The van der Waals surface area contributed by atoms with Gasteiger partial charge < -0.3 is 14.2 Å². The van der Waals surface area contributed by atoms with Crippen molar-refractivity contribution in [3.05, 3.63) is 22.1 Å². The molecule has 0 saturated heterocycles. The molecule has 0 saturated carbocycles. The average molecular weight is 323 g/mol. The van der Waals surface area contributed by atoms with Gasteiger partial charge in [-0.25, -0.2) is 9.60 Å². The molecule has 0 aromatic heterocycles. The maximum Gasteiger partial charge on any atom is 0.393 e. The molecule has 2 rings (SSSR count). The Morgan fingerprint density at radius 3 is 2.65 bits per heavy atom. The van der Waals surface area contributed by atoms with Crippen LogP contribution in [0.4, 0.5) is 0 Å². The summed E-state index contributed by atoms with van der Waals surface area (Å²) in [4.78, 5) is 31.5. The van der Waals surface area contributed by atoms with Crippen molar-refractivity contribution in [1.29, 1.82) is 0 Å². The summed E-state index contributed by atoms with van der Waals surface area (Å²) < 4.78 is 16.6. The van der Waals surface area contributed by atoms with Crippen molar-refractivity contribution >= 4 is 18.3 Å². The summed E-state index contributed by atoms with van der Waals surface area (Å²) in [6.07, 6.45) is 0. The number of ether oxygens (including phenoxy) is 3. The second-order valence-electron chi connectivity index (χ2n) is 5.52. The molecule has 1 aromatic rings. The van der Waals surface area contributed by atoms with Crippen LogP contribution >= 0.6 is 0 Å². The Labute approximate surface area is 134 Å². The zero-order chi connectivity index (χ0) is 17.2. The van der Waals surface area contributed by atoms with Gasteiger partial charge in [-0.1, -0.05) is 6.82 Å². The predicted octanol–water partition coefficient (Wildman–Crippen LogP) is 2.14. The smallest absolute Gasteiger partial charge is 0.393 e. The van der Waals surface area contributed by atoms with Crippen LogP contribution in [0.5, 0.6) is 11.5 Å². The van der Waals surface area contributed by atoms with Gasteiger partial charge in [0.15, 0.2) is 5.34 Å². The van der Waals surface area contributed by atoms with Crippen molar-refractivity contribution in [2.75, 3.05) is 6.61 Å². The molecular formula is C14H18BNO7. The van der Waals surface area contributed by atoms with Crippen LogP contribution in [0.1, 0.15) is 36.7 Å². The van der Waals surface area contributed by atoms with E-state index in [-0.39, 0.29) is 11.3 Å². The molecule has 0 bridgehead atoms. The van der Waals surface area contributed by atoms with Gasteiger partial charge in [-0.3, -0.25) is 0 Å². The number of carbonyl (C=O) groups is 1. The second kappa shape index (κ2) is 6.45. The molecule has 0 atom stereocenters. The van der Waals surface area contributed by atoms with Gasteiger partial charge in [0.2, 0.25) is 5.79 Å². The minimum absolute atomic E-state index is 0.182. The maximum atomic E-state index is 12.4. The molecule has 1 aromatic carbocycles. The standard InChI is InChI=1S/C14H18BNO7/c1-6-19-9-7-8(2)11(15(5)22-23-16-18)12-10(9)13(17)21-14(3,4)20-12/h7H,6H2,1-5H3. The third-order valence-electron chi connectivity index (χ3n) is 3.31. The van der Waals surface area contributed by atoms with E-state index in [1.54, 1.807) is 26.7 Å². The summed E-state index contributed by atoms with van der Waals surface area (Å²) in [5.41, 5.74) is 1.48. The van der Waals surface area contributed by atoms with Gasteiger partial charge in [0.05, 0.1) is 6.61 Å². The Balaban J connectivity index is 2.61. The largest absolute Gasteiger partial charge is 0.493 e. The number of hydrogen-bond acceptors (Lipinski definition) is 8. The lowest BCUT2D eigenvalue weighted by molar-refractivity contribution is -0.213. The number of fused-ring (bicyclic) bond motifs is 1. The van der Waals surface area contributed by atoms with Gasteiger partial charge in [0.1, 0.15) is 17.1 Å². The maximum absolute atomic E-state index is 12.4. The molecule has 0 unspecified atom stereocenters. The predicted molar refractivity (Wildman–Crippen MR) is 81.7 cm³/mol. The molecule has 1 heterocycles. The van der Waals surface area contributed by atoms with Gasteiger partial charge in [-0.05, 0) is 25.5 Å². The van der Waals surface area contributed by atoms with Gasteiger partial charge >= 0.3 is 12.9 Å². The summed E-state index contributed by atoms with van der Waals surface area (Å²) in [5.74, 6) is -1.04. The van der Waals surface area contributed by atoms with Crippen LogP contribution in [0.15, 0.2) is 11.4 Å². The Kier molecular flexibility index (Phi) is 4.79. The highest BCUT2D eigenvalue weighted by Crippen LogP contribution is 2.37. The van der Waals surface area contributed by atoms with Crippen molar-refractivity contribution < 1.29 is 28.8 Å². The molecule has 124 valence electrons. The minimum atomic E-state index is -1.14. The van der Waals surface area contributed by atoms with Crippen molar-refractivity contribution in [1.82, 2.24) is 0 Å². The number of nitrogens with zero attached hydrogens (tertiary/aromatic N) is 1. The van der Waals surface area contributed by atoms with Gasteiger partial charge in [0.25, 0.3) is 0 Å². The fraction of sp³-hybridized carbons (Fsp3) is 0.500. The van der Waals surface area contributed by atoms with Crippen LogP contribution in [0.25, 0.3) is 0 Å². The fourth-order valence-electron chi connectivity index (χ4n) is 2.52. The number of carbonyl (C=O) groups excluding carboxylic acids is 1. The second-order valence-corrected chi connectivity index (χ2v) is 5.52. The van der Waals surface area contributed by atoms with Crippen LogP contribution in [0, 0.1) is 11.8 Å². The Morgan fingerprint density at radius 2 is 2.04 bits per heavy atom. The fourth-order valence-corrected chi connectivity index (χ4v) is 2.52. The molecule has 1 aliphatic rings. The lowest BCUT2D eigenvalue weighted by Crippen LogP contribution is -2.44. The number of benzene rings is 1. The van der Waals surface area contributed by atoms with Gasteiger partial charge in [-0.2, -0.15) is 4.99 Å². The van der Waals surface area contributed by atoms with E-state index in [1.807, 2.05) is 13.8 Å². The first kappa shape index (κ1) is 17.1. The SMILES string of the molecule is CCOc1cc(C)c(B(C)OON=O)c2c1C(=O)OC(C)(C)O2. The average Bonchev–Trinajstić information content (AvgIpc) is 2.43. The Hall–Kier alpha value is -2.29. The molecule has 8 nitrogen and oxygen atoms in total. The highest BCUT2D eigenvalue weighted by Gasteiger charge is 2.40. The molecule has 0 aliphatic carbocycles. The number of aryl methyl sites for hydroxylation is 1. The molecule has 1 aliphatic heterocycles. The van der Waals surface area contributed by atoms with Crippen LogP contribution in [0.2, 0.25) is 6.82 Å². The monoisotopic (exact) mass is 323 g/mol. The first-order chi connectivity index (χ1) is 10.8. The van der Waals surface area contributed by atoms with E-state index >= 15 is 0 Å². The summed E-state index contributed by atoms with van der Waals surface area (Å²) >= 11 is 0. The zero-order valence-corrected chi connectivity index (χ0v) is 13.7. The van der Waals surface area contributed by atoms with Crippen LogP contribution in [0.3, 0.4) is 0 Å². The molecule has 0 amide bonds. The molecule has 0 fully saturated rings. The number of rotatable bonds is 6. The highest BCUT2D eigenvalue weighted by atomic mass is 17.3. The molecule has 0 spiro atoms. The van der Waals surface area contributed by atoms with Gasteiger partial charge in [-0.15, -0.1) is 4.91 Å². The summed E-state index contributed by atoms with van der Waals surface area (Å²) in [6, 6.07) is 1.69. The van der Waals surface area contributed by atoms with Crippen LogP contribution in [-0.2, 0) is 14.5 Å². The van der Waals surface area contributed by atoms with Gasteiger partial charge in [0, 0.05) is 19.3 Å².